The maximum Gasteiger partial charge on any atom is 0.398 e. The van der Waals surface area contributed by atoms with Gasteiger partial charge in [0.25, 0.3) is 0 Å². The molecule has 0 bridgehead atoms. The third kappa shape index (κ3) is 3.75. The first-order valence-electron chi connectivity index (χ1n) is 5.55. The fourth-order valence-corrected chi connectivity index (χ4v) is 1.94. The first-order chi connectivity index (χ1) is 8.58. The zero-order chi connectivity index (χ0) is 14.8. The molecule has 0 heterocycles. The predicted molar refractivity (Wildman–Crippen MR) is 59.6 cm³/mol. The third-order valence-corrected chi connectivity index (χ3v) is 2.98. The number of benzene rings is 1. The van der Waals surface area contributed by atoms with Gasteiger partial charge in [-0.3, -0.25) is 0 Å². The van der Waals surface area contributed by atoms with E-state index in [2.05, 4.69) is 0 Å². The smallest absolute Gasteiger partial charge is 0.303 e. The summed E-state index contributed by atoms with van der Waals surface area (Å²) in [7, 11) is 0. The minimum absolute atomic E-state index is 0.0509. The maximum atomic E-state index is 13.6. The van der Waals surface area contributed by atoms with Gasteiger partial charge >= 0.3 is 6.18 Å². The van der Waals surface area contributed by atoms with Crippen LogP contribution in [0.25, 0.3) is 0 Å². The van der Waals surface area contributed by atoms with Crippen LogP contribution in [-0.2, 0) is 10.2 Å². The zero-order valence-electron chi connectivity index (χ0n) is 10.4. The zero-order valence-corrected chi connectivity index (χ0v) is 10.4. The average Bonchev–Trinajstić information content (AvgIpc) is 2.23. The maximum absolute atomic E-state index is 13.6. The van der Waals surface area contributed by atoms with Crippen molar-refractivity contribution in [3.05, 3.63) is 35.4 Å². The fourth-order valence-electron chi connectivity index (χ4n) is 1.94. The molecule has 0 aliphatic heterocycles. The number of hydrogen-bond acceptors (Lipinski definition) is 1. The van der Waals surface area contributed by atoms with Crippen molar-refractivity contribution in [3.8, 4) is 0 Å². The number of halogens is 5. The molecule has 6 heteroatoms. The lowest BCUT2D eigenvalue weighted by Crippen LogP contribution is -2.32. The molecular weight excluding hydrogens is 267 g/mol. The quantitative estimate of drug-likeness (QED) is 0.601. The third-order valence-electron chi connectivity index (χ3n) is 2.98. The molecule has 1 nitrogen and oxygen atoms in total. The van der Waals surface area contributed by atoms with Crippen LogP contribution in [0.4, 0.5) is 22.0 Å². The lowest BCUT2D eigenvalue weighted by atomic mass is 9.77. The SMILES string of the molecule is CC(C)(CC(C=O)C(F)(F)F)c1ccc(F)cc1F. The van der Waals surface area contributed by atoms with Gasteiger partial charge in [0.1, 0.15) is 23.8 Å². The van der Waals surface area contributed by atoms with Crippen molar-refractivity contribution in [1.29, 1.82) is 0 Å². The van der Waals surface area contributed by atoms with E-state index in [1.54, 1.807) is 0 Å². The monoisotopic (exact) mass is 280 g/mol. The van der Waals surface area contributed by atoms with E-state index in [1.165, 1.54) is 13.8 Å². The number of carbonyl (C=O) groups excluding carboxylic acids is 1. The Labute approximate surface area is 107 Å². The lowest BCUT2D eigenvalue weighted by Gasteiger charge is -2.29. The van der Waals surface area contributed by atoms with Gasteiger partial charge in [0, 0.05) is 6.07 Å². The van der Waals surface area contributed by atoms with Gasteiger partial charge in [-0.15, -0.1) is 0 Å². The van der Waals surface area contributed by atoms with Gasteiger partial charge in [0.15, 0.2) is 0 Å². The summed E-state index contributed by atoms with van der Waals surface area (Å²) in [6.45, 7) is 2.76. The Hall–Kier alpha value is -1.46. The highest BCUT2D eigenvalue weighted by atomic mass is 19.4. The summed E-state index contributed by atoms with van der Waals surface area (Å²) in [4.78, 5) is 10.5. The molecule has 19 heavy (non-hydrogen) atoms. The number of hydrogen-bond donors (Lipinski definition) is 0. The number of aldehydes is 1. The summed E-state index contributed by atoms with van der Waals surface area (Å²) in [5.41, 5.74) is -1.29. The molecule has 0 saturated carbocycles. The van der Waals surface area contributed by atoms with E-state index >= 15 is 0 Å². The summed E-state index contributed by atoms with van der Waals surface area (Å²) in [5.74, 6) is -3.90. The van der Waals surface area contributed by atoms with Crippen LogP contribution in [0, 0.1) is 17.6 Å². The van der Waals surface area contributed by atoms with Gasteiger partial charge in [-0.2, -0.15) is 13.2 Å². The van der Waals surface area contributed by atoms with Crippen molar-refractivity contribution >= 4 is 6.29 Å². The van der Waals surface area contributed by atoms with Crippen LogP contribution in [0.3, 0.4) is 0 Å². The van der Waals surface area contributed by atoms with E-state index in [1.807, 2.05) is 0 Å². The van der Waals surface area contributed by atoms with Crippen molar-refractivity contribution in [2.75, 3.05) is 0 Å². The second kappa shape index (κ2) is 5.27. The Bertz CT molecular complexity index is 465. The first kappa shape index (κ1) is 15.6. The second-order valence-corrected chi connectivity index (χ2v) is 5.00. The minimum atomic E-state index is -4.67. The molecule has 1 rings (SSSR count). The fraction of sp³-hybridized carbons (Fsp3) is 0.462. The Morgan fingerprint density at radius 1 is 1.21 bits per heavy atom. The van der Waals surface area contributed by atoms with Crippen LogP contribution in [0.2, 0.25) is 0 Å². The van der Waals surface area contributed by atoms with Crippen molar-refractivity contribution in [2.45, 2.75) is 31.9 Å². The molecule has 0 radical (unpaired) electrons. The van der Waals surface area contributed by atoms with Gasteiger partial charge in [-0.25, -0.2) is 8.78 Å². The van der Waals surface area contributed by atoms with E-state index in [9.17, 15) is 26.7 Å². The highest BCUT2D eigenvalue weighted by Crippen LogP contribution is 2.38. The minimum Gasteiger partial charge on any atom is -0.303 e. The van der Waals surface area contributed by atoms with Crippen molar-refractivity contribution in [2.24, 2.45) is 5.92 Å². The van der Waals surface area contributed by atoms with E-state index in [0.29, 0.717) is 6.07 Å². The van der Waals surface area contributed by atoms with Crippen molar-refractivity contribution < 1.29 is 26.7 Å². The number of rotatable bonds is 4. The molecule has 1 aromatic carbocycles. The molecule has 0 spiro atoms. The van der Waals surface area contributed by atoms with Crippen molar-refractivity contribution in [3.63, 3.8) is 0 Å². The van der Waals surface area contributed by atoms with Gasteiger partial charge in [-0.1, -0.05) is 19.9 Å². The summed E-state index contributed by atoms with van der Waals surface area (Å²) >= 11 is 0. The summed E-state index contributed by atoms with van der Waals surface area (Å²) in [6.07, 6.45) is -5.46. The Kier molecular flexibility index (Phi) is 4.32. The van der Waals surface area contributed by atoms with Crippen molar-refractivity contribution in [1.82, 2.24) is 0 Å². The molecule has 0 amide bonds. The van der Waals surface area contributed by atoms with Crippen LogP contribution in [0.5, 0.6) is 0 Å². The highest BCUT2D eigenvalue weighted by molar-refractivity contribution is 5.55. The highest BCUT2D eigenvalue weighted by Gasteiger charge is 2.43. The van der Waals surface area contributed by atoms with E-state index < -0.39 is 35.6 Å². The standard InChI is InChI=1S/C13H13F5O/c1-12(2,6-8(7-19)13(16,17)18)10-4-3-9(14)5-11(10)15/h3-5,7-8H,6H2,1-2H3. The molecule has 1 atom stereocenters. The second-order valence-electron chi connectivity index (χ2n) is 5.00. The Balaban J connectivity index is 3.06. The summed E-state index contributed by atoms with van der Waals surface area (Å²) in [5, 5.41) is 0. The van der Waals surface area contributed by atoms with Gasteiger partial charge in [0.05, 0.1) is 0 Å². The molecule has 0 fully saturated rings. The number of alkyl halides is 3. The molecule has 0 N–H and O–H groups in total. The van der Waals surface area contributed by atoms with Crippen LogP contribution >= 0.6 is 0 Å². The van der Waals surface area contributed by atoms with Gasteiger partial charge in [0.2, 0.25) is 0 Å². The van der Waals surface area contributed by atoms with E-state index in [4.69, 9.17) is 0 Å². The van der Waals surface area contributed by atoms with Gasteiger partial charge in [-0.05, 0) is 23.5 Å². The van der Waals surface area contributed by atoms with Crippen LogP contribution in [0.1, 0.15) is 25.8 Å². The van der Waals surface area contributed by atoms with Gasteiger partial charge < -0.3 is 4.79 Å². The lowest BCUT2D eigenvalue weighted by molar-refractivity contribution is -0.178. The predicted octanol–water partition coefficient (Wildman–Crippen LogP) is 4.01. The van der Waals surface area contributed by atoms with Crippen LogP contribution in [-0.4, -0.2) is 12.5 Å². The Morgan fingerprint density at radius 3 is 2.21 bits per heavy atom. The largest absolute Gasteiger partial charge is 0.398 e. The molecule has 0 saturated heterocycles. The normalized spacial score (nSPS) is 14.3. The molecule has 0 aliphatic carbocycles. The van der Waals surface area contributed by atoms with Crippen LogP contribution in [0.15, 0.2) is 18.2 Å². The molecule has 1 aromatic rings. The Morgan fingerprint density at radius 2 is 1.79 bits per heavy atom. The molecule has 106 valence electrons. The summed E-state index contributed by atoms with van der Waals surface area (Å²) < 4.78 is 64.0. The van der Waals surface area contributed by atoms with E-state index in [-0.39, 0.29) is 11.8 Å². The molecule has 0 aliphatic rings. The summed E-state index contributed by atoms with van der Waals surface area (Å²) in [6, 6.07) is 2.69. The first-order valence-corrected chi connectivity index (χ1v) is 5.55. The molecule has 1 unspecified atom stereocenters. The topological polar surface area (TPSA) is 17.1 Å². The van der Waals surface area contributed by atoms with Crippen LogP contribution < -0.4 is 0 Å². The molecule has 0 aromatic heterocycles. The molecular formula is C13H13F5O. The average molecular weight is 280 g/mol. The number of carbonyl (C=O) groups is 1. The van der Waals surface area contributed by atoms with E-state index in [0.717, 1.165) is 12.1 Å².